The van der Waals surface area contributed by atoms with Gasteiger partial charge < -0.3 is 15.7 Å². The number of likely N-dealkylation sites (tertiary alicyclic amines) is 1. The third-order valence-electron chi connectivity index (χ3n) is 5.55. The van der Waals surface area contributed by atoms with E-state index in [1.165, 1.54) is 6.92 Å². The number of carbonyl (C=O) groups excluding carboxylic acids is 2. The summed E-state index contributed by atoms with van der Waals surface area (Å²) in [5.41, 5.74) is 0.184. The number of nitrogens with one attached hydrogen (secondary N) is 2. The lowest BCUT2D eigenvalue weighted by atomic mass is 9.96. The Morgan fingerprint density at radius 3 is 2.10 bits per heavy atom. The lowest BCUT2D eigenvalue weighted by molar-refractivity contribution is -0.134. The van der Waals surface area contributed by atoms with Crippen molar-refractivity contribution in [3.8, 4) is 0 Å². The molecular formula is C22H39N3O4. The minimum Gasteiger partial charge on any atom is -0.478 e. The summed E-state index contributed by atoms with van der Waals surface area (Å²) < 4.78 is 0. The van der Waals surface area contributed by atoms with Crippen molar-refractivity contribution in [1.82, 2.24) is 15.5 Å². The third-order valence-corrected chi connectivity index (χ3v) is 5.55. The van der Waals surface area contributed by atoms with Gasteiger partial charge in [0.2, 0.25) is 11.8 Å². The summed E-state index contributed by atoms with van der Waals surface area (Å²) in [5.74, 6) is -1.47. The van der Waals surface area contributed by atoms with Crippen LogP contribution in [0, 0.1) is 11.8 Å². The van der Waals surface area contributed by atoms with Crippen molar-refractivity contribution in [2.24, 2.45) is 11.8 Å². The molecule has 1 aliphatic heterocycles. The second-order valence-corrected chi connectivity index (χ2v) is 9.01. The van der Waals surface area contributed by atoms with Crippen molar-refractivity contribution in [2.45, 2.75) is 91.9 Å². The number of amides is 2. The quantitative estimate of drug-likeness (QED) is 0.508. The Balaban J connectivity index is 2.92. The molecule has 0 aromatic heterocycles. The van der Waals surface area contributed by atoms with Gasteiger partial charge in [-0.15, -0.1) is 0 Å². The van der Waals surface area contributed by atoms with Crippen LogP contribution in [-0.4, -0.2) is 58.5 Å². The van der Waals surface area contributed by atoms with Crippen LogP contribution in [-0.2, 0) is 14.4 Å². The molecule has 0 radical (unpaired) electrons. The monoisotopic (exact) mass is 409 g/mol. The van der Waals surface area contributed by atoms with Crippen LogP contribution in [0.5, 0.6) is 0 Å². The van der Waals surface area contributed by atoms with Gasteiger partial charge in [0.15, 0.2) is 0 Å². The van der Waals surface area contributed by atoms with Crippen molar-refractivity contribution in [1.29, 1.82) is 0 Å². The molecule has 0 saturated carbocycles. The van der Waals surface area contributed by atoms with Crippen molar-refractivity contribution in [2.75, 3.05) is 6.54 Å². The number of aliphatic carboxylic acids is 1. The van der Waals surface area contributed by atoms with E-state index in [1.807, 2.05) is 27.7 Å². The van der Waals surface area contributed by atoms with Crippen molar-refractivity contribution in [3.05, 3.63) is 11.6 Å². The number of carboxylic acids is 1. The molecule has 1 heterocycles. The maximum atomic E-state index is 13.0. The molecule has 166 valence electrons. The predicted octanol–water partition coefficient (Wildman–Crippen LogP) is 2.56. The standard InChI is InChI=1S/C22H39N3O4/c1-13(2)17(12-16(7)22(28)29)23-21(27)19(14(3)4)24-20(26)18-10-8-9-11-25(18)15(5)6/h12-15,17-19H,8-11H2,1-7H3,(H,23,27)(H,24,26)(H,28,29)/b16-12+/t17-,18?,19+/m1/s1. The van der Waals surface area contributed by atoms with E-state index in [2.05, 4.69) is 29.4 Å². The molecule has 0 aromatic rings. The smallest absolute Gasteiger partial charge is 0.331 e. The molecule has 29 heavy (non-hydrogen) atoms. The zero-order valence-electron chi connectivity index (χ0n) is 19.0. The first-order chi connectivity index (χ1) is 13.5. The van der Waals surface area contributed by atoms with Crippen molar-refractivity contribution < 1.29 is 19.5 Å². The van der Waals surface area contributed by atoms with Gasteiger partial charge in [-0.2, -0.15) is 0 Å². The highest BCUT2D eigenvalue weighted by Crippen LogP contribution is 2.20. The van der Waals surface area contributed by atoms with Crippen LogP contribution >= 0.6 is 0 Å². The highest BCUT2D eigenvalue weighted by molar-refractivity contribution is 5.90. The summed E-state index contributed by atoms with van der Waals surface area (Å²) in [6.07, 6.45) is 4.45. The number of hydrogen-bond donors (Lipinski definition) is 3. The van der Waals surface area contributed by atoms with Crippen LogP contribution in [0.3, 0.4) is 0 Å². The van der Waals surface area contributed by atoms with Crippen LogP contribution in [0.4, 0.5) is 0 Å². The Morgan fingerprint density at radius 1 is 1.00 bits per heavy atom. The molecule has 2 amide bonds. The van der Waals surface area contributed by atoms with Crippen LogP contribution < -0.4 is 10.6 Å². The van der Waals surface area contributed by atoms with Crippen LogP contribution in [0.25, 0.3) is 0 Å². The normalized spacial score (nSPS) is 20.6. The van der Waals surface area contributed by atoms with Crippen LogP contribution in [0.15, 0.2) is 11.6 Å². The highest BCUT2D eigenvalue weighted by Gasteiger charge is 2.34. The van der Waals surface area contributed by atoms with Gasteiger partial charge in [-0.1, -0.05) is 40.2 Å². The van der Waals surface area contributed by atoms with Gasteiger partial charge in [0.1, 0.15) is 6.04 Å². The van der Waals surface area contributed by atoms with Gasteiger partial charge in [0, 0.05) is 11.6 Å². The van der Waals surface area contributed by atoms with E-state index in [0.717, 1.165) is 25.8 Å². The summed E-state index contributed by atoms with van der Waals surface area (Å²) >= 11 is 0. The lowest BCUT2D eigenvalue weighted by Crippen LogP contribution is -2.58. The molecule has 0 spiro atoms. The molecule has 1 fully saturated rings. The Bertz CT molecular complexity index is 613. The summed E-state index contributed by atoms with van der Waals surface area (Å²) in [4.78, 5) is 39.3. The fourth-order valence-electron chi connectivity index (χ4n) is 3.63. The summed E-state index contributed by atoms with van der Waals surface area (Å²) in [7, 11) is 0. The first-order valence-corrected chi connectivity index (χ1v) is 10.7. The van der Waals surface area contributed by atoms with E-state index in [-0.39, 0.29) is 41.3 Å². The first kappa shape index (κ1) is 25.1. The summed E-state index contributed by atoms with van der Waals surface area (Å²) in [6, 6.07) is -1.03. The van der Waals surface area contributed by atoms with Gasteiger partial charge in [-0.25, -0.2) is 4.79 Å². The van der Waals surface area contributed by atoms with E-state index in [9.17, 15) is 14.4 Å². The Labute approximate surface area is 175 Å². The fourth-order valence-corrected chi connectivity index (χ4v) is 3.63. The van der Waals surface area contributed by atoms with Crippen LogP contribution in [0.2, 0.25) is 0 Å². The van der Waals surface area contributed by atoms with E-state index >= 15 is 0 Å². The Morgan fingerprint density at radius 2 is 1.62 bits per heavy atom. The number of hydrogen-bond acceptors (Lipinski definition) is 4. The molecule has 7 heteroatoms. The van der Waals surface area contributed by atoms with E-state index in [1.54, 1.807) is 6.08 Å². The lowest BCUT2D eigenvalue weighted by Gasteiger charge is -2.38. The molecule has 7 nitrogen and oxygen atoms in total. The largest absolute Gasteiger partial charge is 0.478 e. The molecule has 0 aromatic carbocycles. The number of nitrogens with zero attached hydrogens (tertiary/aromatic N) is 1. The van der Waals surface area contributed by atoms with Gasteiger partial charge >= 0.3 is 5.97 Å². The molecule has 3 atom stereocenters. The molecular weight excluding hydrogens is 370 g/mol. The second kappa shape index (κ2) is 11.3. The first-order valence-electron chi connectivity index (χ1n) is 10.7. The predicted molar refractivity (Wildman–Crippen MR) is 114 cm³/mol. The molecule has 1 unspecified atom stereocenters. The number of rotatable bonds is 9. The minimum atomic E-state index is -1.01. The number of carboxylic acid groups (broad SMARTS) is 1. The zero-order valence-corrected chi connectivity index (χ0v) is 19.0. The average Bonchev–Trinajstić information content (AvgIpc) is 2.64. The summed E-state index contributed by atoms with van der Waals surface area (Å²) in [5, 5.41) is 15.0. The highest BCUT2D eigenvalue weighted by atomic mass is 16.4. The van der Waals surface area contributed by atoms with Gasteiger partial charge in [0.25, 0.3) is 0 Å². The maximum absolute atomic E-state index is 13.0. The second-order valence-electron chi connectivity index (χ2n) is 9.01. The van der Waals surface area contributed by atoms with E-state index in [0.29, 0.717) is 0 Å². The Hall–Kier alpha value is -1.89. The van der Waals surface area contributed by atoms with E-state index < -0.39 is 18.1 Å². The molecule has 1 rings (SSSR count). The average molecular weight is 410 g/mol. The van der Waals surface area contributed by atoms with Crippen molar-refractivity contribution in [3.63, 3.8) is 0 Å². The third kappa shape index (κ3) is 7.46. The van der Waals surface area contributed by atoms with E-state index in [4.69, 9.17) is 5.11 Å². The molecule has 1 aliphatic rings. The van der Waals surface area contributed by atoms with Gasteiger partial charge in [0.05, 0.1) is 12.1 Å². The molecule has 0 aliphatic carbocycles. The fraction of sp³-hybridized carbons (Fsp3) is 0.773. The zero-order chi connectivity index (χ0) is 22.3. The molecule has 1 saturated heterocycles. The SMILES string of the molecule is C/C(=C\[C@@H](NC(=O)[C@@H](NC(=O)C1CCCCN1C(C)C)C(C)C)C(C)C)C(=O)O. The maximum Gasteiger partial charge on any atom is 0.331 e. The Kier molecular flexibility index (Phi) is 9.83. The minimum absolute atomic E-state index is 0.0199. The van der Waals surface area contributed by atoms with Gasteiger partial charge in [-0.3, -0.25) is 14.5 Å². The molecule has 0 bridgehead atoms. The van der Waals surface area contributed by atoms with Crippen molar-refractivity contribution >= 4 is 17.8 Å². The number of piperidine rings is 1. The molecule has 3 N–H and O–H groups in total. The summed E-state index contributed by atoms with van der Waals surface area (Å²) in [6.45, 7) is 14.2. The van der Waals surface area contributed by atoms with Crippen LogP contribution in [0.1, 0.15) is 67.7 Å². The number of carbonyl (C=O) groups is 3. The van der Waals surface area contributed by atoms with Gasteiger partial charge in [-0.05, 0) is 52.0 Å². The topological polar surface area (TPSA) is 98.7 Å².